The van der Waals surface area contributed by atoms with E-state index in [1.54, 1.807) is 7.05 Å². The van der Waals surface area contributed by atoms with Crippen LogP contribution in [0.1, 0.15) is 42.4 Å². The molecule has 32 heavy (non-hydrogen) atoms. The number of guanidine groups is 1. The Labute approximate surface area is 208 Å². The van der Waals surface area contributed by atoms with E-state index in [1.807, 2.05) is 12.1 Å². The highest BCUT2D eigenvalue weighted by molar-refractivity contribution is 14.0. The van der Waals surface area contributed by atoms with E-state index in [-0.39, 0.29) is 24.0 Å². The van der Waals surface area contributed by atoms with Crippen LogP contribution in [0, 0.1) is 0 Å². The summed E-state index contributed by atoms with van der Waals surface area (Å²) < 4.78 is 11.5. The lowest BCUT2D eigenvalue weighted by Crippen LogP contribution is -2.36. The fourth-order valence-corrected chi connectivity index (χ4v) is 4.05. The van der Waals surface area contributed by atoms with Crippen molar-refractivity contribution < 1.29 is 9.47 Å². The van der Waals surface area contributed by atoms with Gasteiger partial charge in [0, 0.05) is 33.1 Å². The minimum absolute atomic E-state index is 0. The number of likely N-dealkylation sites (tertiary alicyclic amines) is 1. The van der Waals surface area contributed by atoms with Crippen molar-refractivity contribution in [2.75, 3.05) is 33.4 Å². The molecule has 1 saturated heterocycles. The van der Waals surface area contributed by atoms with Crippen molar-refractivity contribution in [1.82, 2.24) is 15.5 Å². The van der Waals surface area contributed by atoms with Gasteiger partial charge in [-0.1, -0.05) is 36.8 Å². The van der Waals surface area contributed by atoms with Gasteiger partial charge < -0.3 is 20.1 Å². The predicted molar refractivity (Wildman–Crippen MR) is 140 cm³/mol. The Hall–Kier alpha value is -2.00. The zero-order chi connectivity index (χ0) is 21.3. The molecule has 7 heteroatoms. The molecule has 0 atom stereocenters. The Kier molecular flexibility index (Phi) is 9.92. The second kappa shape index (κ2) is 12.9. The second-order valence-electron chi connectivity index (χ2n) is 8.26. The first-order valence-corrected chi connectivity index (χ1v) is 11.4. The topological polar surface area (TPSA) is 58.1 Å². The van der Waals surface area contributed by atoms with Gasteiger partial charge in [0.25, 0.3) is 0 Å². The quantitative estimate of drug-likeness (QED) is 0.319. The smallest absolute Gasteiger partial charge is 0.191 e. The van der Waals surface area contributed by atoms with E-state index < -0.39 is 0 Å². The van der Waals surface area contributed by atoms with Gasteiger partial charge in [-0.2, -0.15) is 0 Å². The molecule has 2 N–H and O–H groups in total. The van der Waals surface area contributed by atoms with Crippen LogP contribution in [0.15, 0.2) is 47.5 Å². The van der Waals surface area contributed by atoms with Gasteiger partial charge in [0.05, 0.1) is 13.2 Å². The molecule has 0 unspecified atom stereocenters. The number of aliphatic imine (C=N–C) groups is 1. The third-order valence-corrected chi connectivity index (χ3v) is 5.83. The molecule has 2 aromatic rings. The zero-order valence-corrected chi connectivity index (χ0v) is 21.3. The van der Waals surface area contributed by atoms with Crippen molar-refractivity contribution in [3.8, 4) is 11.5 Å². The van der Waals surface area contributed by atoms with E-state index in [0.29, 0.717) is 19.8 Å². The minimum atomic E-state index is 0. The van der Waals surface area contributed by atoms with Gasteiger partial charge in [-0.05, 0) is 54.8 Å². The summed E-state index contributed by atoms with van der Waals surface area (Å²) in [6.45, 7) is 6.34. The van der Waals surface area contributed by atoms with E-state index in [0.717, 1.165) is 42.5 Å². The SMILES string of the molecule is CN=C(NCc1ccc(CN2CCCCC2)cc1)NCc1ccc2c(c1)OCCCO2.I. The first kappa shape index (κ1) is 24.6. The van der Waals surface area contributed by atoms with E-state index in [2.05, 4.69) is 50.9 Å². The summed E-state index contributed by atoms with van der Waals surface area (Å²) in [5.74, 6) is 2.43. The lowest BCUT2D eigenvalue weighted by Gasteiger charge is -2.26. The van der Waals surface area contributed by atoms with Gasteiger partial charge in [-0.3, -0.25) is 9.89 Å². The van der Waals surface area contributed by atoms with E-state index in [4.69, 9.17) is 9.47 Å². The number of piperidine rings is 1. The molecule has 1 fully saturated rings. The molecule has 0 amide bonds. The number of halogens is 1. The van der Waals surface area contributed by atoms with Crippen LogP contribution in [0.4, 0.5) is 0 Å². The number of nitrogens with one attached hydrogen (secondary N) is 2. The maximum Gasteiger partial charge on any atom is 0.191 e. The number of hydrogen-bond donors (Lipinski definition) is 2. The van der Waals surface area contributed by atoms with Crippen LogP contribution in [0.25, 0.3) is 0 Å². The van der Waals surface area contributed by atoms with Crippen LogP contribution < -0.4 is 20.1 Å². The third-order valence-electron chi connectivity index (χ3n) is 5.83. The summed E-state index contributed by atoms with van der Waals surface area (Å²) in [4.78, 5) is 6.91. The average Bonchev–Trinajstić information content (AvgIpc) is 3.06. The Morgan fingerprint density at radius 3 is 2.16 bits per heavy atom. The molecule has 0 aromatic heterocycles. The van der Waals surface area contributed by atoms with Crippen LogP contribution in [-0.2, 0) is 19.6 Å². The number of hydrogen-bond acceptors (Lipinski definition) is 4. The van der Waals surface area contributed by atoms with E-state index >= 15 is 0 Å². The average molecular weight is 550 g/mol. The fraction of sp³-hybridized carbons (Fsp3) is 0.480. The number of benzene rings is 2. The second-order valence-corrected chi connectivity index (χ2v) is 8.26. The van der Waals surface area contributed by atoms with E-state index in [1.165, 1.54) is 43.5 Å². The van der Waals surface area contributed by atoms with Gasteiger partial charge in [-0.25, -0.2) is 0 Å². The number of nitrogens with zero attached hydrogens (tertiary/aromatic N) is 2. The highest BCUT2D eigenvalue weighted by Gasteiger charge is 2.12. The van der Waals surface area contributed by atoms with Crippen LogP contribution in [0.5, 0.6) is 11.5 Å². The van der Waals surface area contributed by atoms with Gasteiger partial charge in [0.15, 0.2) is 17.5 Å². The molecule has 2 heterocycles. The summed E-state index contributed by atoms with van der Waals surface area (Å²) in [5, 5.41) is 6.78. The van der Waals surface area contributed by atoms with Crippen molar-refractivity contribution in [1.29, 1.82) is 0 Å². The lowest BCUT2D eigenvalue weighted by atomic mass is 10.1. The molecule has 2 aromatic carbocycles. The van der Waals surface area contributed by atoms with Crippen LogP contribution in [0.3, 0.4) is 0 Å². The van der Waals surface area contributed by atoms with Crippen molar-refractivity contribution in [2.24, 2.45) is 4.99 Å². The molecular formula is C25H35IN4O2. The summed E-state index contributed by atoms with van der Waals surface area (Å²) in [7, 11) is 1.80. The highest BCUT2D eigenvalue weighted by atomic mass is 127. The number of fused-ring (bicyclic) bond motifs is 1. The molecule has 0 radical (unpaired) electrons. The molecule has 0 aliphatic carbocycles. The van der Waals surface area contributed by atoms with Crippen molar-refractivity contribution in [3.63, 3.8) is 0 Å². The molecule has 0 saturated carbocycles. The maximum absolute atomic E-state index is 5.78. The normalized spacial score (nSPS) is 16.6. The summed E-state index contributed by atoms with van der Waals surface area (Å²) in [6, 6.07) is 15.0. The van der Waals surface area contributed by atoms with Gasteiger partial charge >= 0.3 is 0 Å². The monoisotopic (exact) mass is 550 g/mol. The van der Waals surface area contributed by atoms with Gasteiger partial charge in [-0.15, -0.1) is 24.0 Å². The molecule has 6 nitrogen and oxygen atoms in total. The zero-order valence-electron chi connectivity index (χ0n) is 18.9. The Balaban J connectivity index is 0.00000289. The summed E-state index contributed by atoms with van der Waals surface area (Å²) in [6.07, 6.45) is 4.96. The fourth-order valence-electron chi connectivity index (χ4n) is 4.05. The molecule has 2 aliphatic heterocycles. The Morgan fingerprint density at radius 2 is 1.44 bits per heavy atom. The van der Waals surface area contributed by atoms with Gasteiger partial charge in [0.1, 0.15) is 0 Å². The molecule has 0 bridgehead atoms. The first-order valence-electron chi connectivity index (χ1n) is 11.4. The van der Waals surface area contributed by atoms with E-state index in [9.17, 15) is 0 Å². The van der Waals surface area contributed by atoms with Crippen LogP contribution >= 0.6 is 24.0 Å². The summed E-state index contributed by atoms with van der Waals surface area (Å²) in [5.41, 5.74) is 3.78. The molecule has 174 valence electrons. The van der Waals surface area contributed by atoms with Crippen molar-refractivity contribution in [2.45, 2.75) is 45.3 Å². The standard InChI is InChI=1S/C25H34N4O2.HI/c1-26-25(28-18-22-10-11-23-24(16-22)31-15-5-14-30-23)27-17-20-6-8-21(9-7-20)19-29-12-3-2-4-13-29;/h6-11,16H,2-5,12-15,17-19H2,1H3,(H2,26,27,28);1H. The highest BCUT2D eigenvalue weighted by Crippen LogP contribution is 2.30. The maximum atomic E-state index is 5.78. The third kappa shape index (κ3) is 7.27. The Bertz CT molecular complexity index is 867. The predicted octanol–water partition coefficient (Wildman–Crippen LogP) is 4.32. The van der Waals surface area contributed by atoms with Crippen molar-refractivity contribution in [3.05, 3.63) is 59.2 Å². The van der Waals surface area contributed by atoms with Crippen LogP contribution in [-0.4, -0.2) is 44.2 Å². The molecule has 2 aliphatic rings. The largest absolute Gasteiger partial charge is 0.490 e. The summed E-state index contributed by atoms with van der Waals surface area (Å²) >= 11 is 0. The number of rotatable bonds is 6. The Morgan fingerprint density at radius 1 is 0.812 bits per heavy atom. The van der Waals surface area contributed by atoms with Crippen LogP contribution in [0.2, 0.25) is 0 Å². The molecule has 0 spiro atoms. The minimum Gasteiger partial charge on any atom is -0.490 e. The first-order chi connectivity index (χ1) is 15.3. The molecule has 4 rings (SSSR count). The van der Waals surface area contributed by atoms with Gasteiger partial charge in [0.2, 0.25) is 0 Å². The number of ether oxygens (including phenoxy) is 2. The van der Waals surface area contributed by atoms with Crippen molar-refractivity contribution >= 4 is 29.9 Å². The molecular weight excluding hydrogens is 515 g/mol. The lowest BCUT2D eigenvalue weighted by molar-refractivity contribution is 0.221.